The lowest BCUT2D eigenvalue weighted by atomic mass is 10.2. The molecule has 112 valence electrons. The quantitative estimate of drug-likeness (QED) is 0.496. The van der Waals surface area contributed by atoms with Crippen LogP contribution in [-0.2, 0) is 0 Å². The molecule has 0 aliphatic carbocycles. The van der Waals surface area contributed by atoms with Crippen molar-refractivity contribution in [1.82, 2.24) is 9.97 Å². The minimum absolute atomic E-state index is 0.358. The van der Waals surface area contributed by atoms with Gasteiger partial charge < -0.3 is 14.8 Å². The highest BCUT2D eigenvalue weighted by molar-refractivity contribution is 7.98. The van der Waals surface area contributed by atoms with Crippen molar-refractivity contribution in [1.29, 1.82) is 0 Å². The smallest absolute Gasteiger partial charge is 0.190 e. The fraction of sp³-hybridized carbons (Fsp3) is 0.231. The van der Waals surface area contributed by atoms with Crippen LogP contribution in [0.3, 0.4) is 0 Å². The number of rotatable bonds is 5. The Hall–Kier alpha value is -1.37. The van der Waals surface area contributed by atoms with E-state index in [-0.39, 0.29) is 0 Å². The van der Waals surface area contributed by atoms with Gasteiger partial charge in [-0.1, -0.05) is 35.0 Å². The first-order valence-electron chi connectivity index (χ1n) is 5.84. The van der Waals surface area contributed by atoms with Crippen LogP contribution in [0.2, 0.25) is 10.2 Å². The number of anilines is 2. The van der Waals surface area contributed by atoms with Gasteiger partial charge in [0.15, 0.2) is 5.16 Å². The summed E-state index contributed by atoms with van der Waals surface area (Å²) in [6.07, 6.45) is 1.88. The molecule has 0 aliphatic heterocycles. The van der Waals surface area contributed by atoms with Gasteiger partial charge in [-0.15, -0.1) is 0 Å². The Kier molecular flexibility index (Phi) is 5.39. The van der Waals surface area contributed by atoms with Crippen LogP contribution >= 0.6 is 35.0 Å². The van der Waals surface area contributed by atoms with E-state index in [0.29, 0.717) is 38.3 Å². The molecule has 2 aromatic rings. The van der Waals surface area contributed by atoms with Crippen LogP contribution in [-0.4, -0.2) is 30.4 Å². The van der Waals surface area contributed by atoms with E-state index in [9.17, 15) is 0 Å². The summed E-state index contributed by atoms with van der Waals surface area (Å²) in [6.45, 7) is 0. The third kappa shape index (κ3) is 3.84. The van der Waals surface area contributed by atoms with Gasteiger partial charge in [0.25, 0.3) is 0 Å². The first kappa shape index (κ1) is 16.0. The van der Waals surface area contributed by atoms with Crippen molar-refractivity contribution < 1.29 is 9.47 Å². The summed E-state index contributed by atoms with van der Waals surface area (Å²) < 4.78 is 10.5. The predicted molar refractivity (Wildman–Crippen MR) is 86.7 cm³/mol. The molecule has 0 fully saturated rings. The third-order valence-electron chi connectivity index (χ3n) is 2.59. The van der Waals surface area contributed by atoms with E-state index >= 15 is 0 Å². The number of hydrogen-bond donors (Lipinski definition) is 1. The van der Waals surface area contributed by atoms with E-state index in [2.05, 4.69) is 15.3 Å². The van der Waals surface area contributed by atoms with E-state index in [4.69, 9.17) is 32.7 Å². The van der Waals surface area contributed by atoms with Crippen LogP contribution in [0.5, 0.6) is 11.5 Å². The highest BCUT2D eigenvalue weighted by Crippen LogP contribution is 2.37. The predicted octanol–water partition coefficient (Wildman–Crippen LogP) is 4.27. The van der Waals surface area contributed by atoms with Gasteiger partial charge >= 0.3 is 0 Å². The number of nitrogens with one attached hydrogen (secondary N) is 1. The Morgan fingerprint density at radius 3 is 2.38 bits per heavy atom. The molecule has 0 spiro atoms. The Labute approximate surface area is 137 Å². The molecule has 0 saturated heterocycles. The third-order valence-corrected chi connectivity index (χ3v) is 3.63. The molecule has 0 aliphatic rings. The van der Waals surface area contributed by atoms with Gasteiger partial charge in [0.2, 0.25) is 0 Å². The molecule has 0 radical (unpaired) electrons. The van der Waals surface area contributed by atoms with Crippen LogP contribution in [0.1, 0.15) is 0 Å². The molecule has 1 aromatic carbocycles. The summed E-state index contributed by atoms with van der Waals surface area (Å²) in [6, 6.07) is 5.03. The van der Waals surface area contributed by atoms with Crippen molar-refractivity contribution in [3.63, 3.8) is 0 Å². The molecule has 0 unspecified atom stereocenters. The first-order valence-corrected chi connectivity index (χ1v) is 7.82. The number of nitrogens with zero attached hydrogens (tertiary/aromatic N) is 2. The second kappa shape index (κ2) is 7.06. The average molecular weight is 346 g/mol. The summed E-state index contributed by atoms with van der Waals surface area (Å²) in [5.41, 5.74) is 0.667. The van der Waals surface area contributed by atoms with E-state index in [1.54, 1.807) is 32.4 Å². The SMILES string of the molecule is COc1cc(Nc2cc(Cl)nc(SC)n2)c(OC)cc1Cl. The van der Waals surface area contributed by atoms with Gasteiger partial charge in [-0.3, -0.25) is 0 Å². The lowest BCUT2D eigenvalue weighted by Crippen LogP contribution is -2.00. The minimum atomic E-state index is 0.358. The molecule has 5 nitrogen and oxygen atoms in total. The Bertz CT molecular complexity index is 656. The molecule has 8 heteroatoms. The maximum atomic E-state index is 6.07. The number of aromatic nitrogens is 2. The highest BCUT2D eigenvalue weighted by atomic mass is 35.5. The van der Waals surface area contributed by atoms with Crippen LogP contribution in [0, 0.1) is 0 Å². The van der Waals surface area contributed by atoms with Gasteiger partial charge in [-0.05, 0) is 6.26 Å². The summed E-state index contributed by atoms with van der Waals surface area (Å²) in [5, 5.41) is 4.52. The number of thioether (sulfide) groups is 1. The largest absolute Gasteiger partial charge is 0.495 e. The van der Waals surface area contributed by atoms with Crippen LogP contribution in [0.25, 0.3) is 0 Å². The molecule has 1 heterocycles. The molecular weight excluding hydrogens is 333 g/mol. The normalized spacial score (nSPS) is 10.3. The standard InChI is InChI=1S/C13H13Cl2N3O2S/c1-19-9-5-8(10(20-2)4-7(9)14)16-12-6-11(15)17-13(18-12)21-3/h4-6H,1-3H3,(H,16,17,18). The van der Waals surface area contributed by atoms with Crippen molar-refractivity contribution in [2.45, 2.75) is 5.16 Å². The molecule has 1 aromatic heterocycles. The number of methoxy groups -OCH3 is 2. The van der Waals surface area contributed by atoms with Crippen molar-refractivity contribution in [3.8, 4) is 11.5 Å². The average Bonchev–Trinajstić information content (AvgIpc) is 2.47. The van der Waals surface area contributed by atoms with Gasteiger partial charge in [-0.25, -0.2) is 9.97 Å². The Morgan fingerprint density at radius 1 is 1.05 bits per heavy atom. The topological polar surface area (TPSA) is 56.3 Å². The van der Waals surface area contributed by atoms with E-state index in [1.165, 1.54) is 11.8 Å². The molecule has 0 saturated carbocycles. The van der Waals surface area contributed by atoms with Crippen molar-refractivity contribution in [2.75, 3.05) is 25.8 Å². The van der Waals surface area contributed by atoms with Crippen molar-refractivity contribution in [3.05, 3.63) is 28.4 Å². The van der Waals surface area contributed by atoms with Crippen molar-refractivity contribution in [2.24, 2.45) is 0 Å². The van der Waals surface area contributed by atoms with Gasteiger partial charge in [-0.2, -0.15) is 0 Å². The molecular formula is C13H13Cl2N3O2S. The lowest BCUT2D eigenvalue weighted by molar-refractivity contribution is 0.405. The first-order chi connectivity index (χ1) is 10.1. The highest BCUT2D eigenvalue weighted by Gasteiger charge is 2.11. The van der Waals surface area contributed by atoms with E-state index in [0.717, 1.165) is 0 Å². The van der Waals surface area contributed by atoms with Gasteiger partial charge in [0, 0.05) is 18.2 Å². The fourth-order valence-electron chi connectivity index (χ4n) is 1.65. The van der Waals surface area contributed by atoms with Crippen LogP contribution < -0.4 is 14.8 Å². The zero-order valence-electron chi connectivity index (χ0n) is 11.6. The monoisotopic (exact) mass is 345 g/mol. The molecule has 0 atom stereocenters. The molecule has 21 heavy (non-hydrogen) atoms. The second-order valence-corrected chi connectivity index (χ2v) is 5.44. The maximum Gasteiger partial charge on any atom is 0.190 e. The number of benzene rings is 1. The maximum absolute atomic E-state index is 6.07. The molecule has 2 rings (SSSR count). The van der Waals surface area contributed by atoms with Gasteiger partial charge in [0.05, 0.1) is 24.9 Å². The Morgan fingerprint density at radius 2 is 1.76 bits per heavy atom. The molecule has 1 N–H and O–H groups in total. The zero-order valence-corrected chi connectivity index (χ0v) is 13.9. The summed E-state index contributed by atoms with van der Waals surface area (Å²) in [5.74, 6) is 1.66. The van der Waals surface area contributed by atoms with Crippen molar-refractivity contribution >= 4 is 46.5 Å². The molecule has 0 bridgehead atoms. The number of halogens is 2. The summed E-state index contributed by atoms with van der Waals surface area (Å²) in [7, 11) is 3.11. The van der Waals surface area contributed by atoms with Gasteiger partial charge in [0.1, 0.15) is 22.5 Å². The number of ether oxygens (including phenoxy) is 2. The molecule has 0 amide bonds. The van der Waals surface area contributed by atoms with E-state index in [1.807, 2.05) is 6.26 Å². The Balaban J connectivity index is 2.40. The minimum Gasteiger partial charge on any atom is -0.495 e. The fourth-order valence-corrected chi connectivity index (χ4v) is 2.49. The zero-order chi connectivity index (χ0) is 15.4. The lowest BCUT2D eigenvalue weighted by Gasteiger charge is -2.13. The van der Waals surface area contributed by atoms with Crippen LogP contribution in [0.15, 0.2) is 23.4 Å². The van der Waals surface area contributed by atoms with E-state index < -0.39 is 0 Å². The summed E-state index contributed by atoms with van der Waals surface area (Å²) in [4.78, 5) is 8.41. The summed E-state index contributed by atoms with van der Waals surface area (Å²) >= 11 is 13.4. The number of hydrogen-bond acceptors (Lipinski definition) is 6. The van der Waals surface area contributed by atoms with Crippen LogP contribution in [0.4, 0.5) is 11.5 Å². The second-order valence-electron chi connectivity index (χ2n) is 3.87.